The highest BCUT2D eigenvalue weighted by Crippen LogP contribution is 2.24. The van der Waals surface area contributed by atoms with Gasteiger partial charge in [0.05, 0.1) is 10.6 Å². The molecule has 21 heavy (non-hydrogen) atoms. The zero-order valence-electron chi connectivity index (χ0n) is 11.2. The van der Waals surface area contributed by atoms with Crippen LogP contribution in [0.2, 0.25) is 15.1 Å². The lowest BCUT2D eigenvalue weighted by molar-refractivity contribution is 0.0785. The van der Waals surface area contributed by atoms with Crippen LogP contribution in [0.3, 0.4) is 0 Å². The standard InChI is InChI=1S/C15H13Cl3N2O/c1-20(8-9-2-3-10(16)6-14(9)18)15(21)12-7-11(19)4-5-13(12)17/h2-7H,8,19H2,1H3. The highest BCUT2D eigenvalue weighted by atomic mass is 35.5. The van der Waals surface area contributed by atoms with Crippen molar-refractivity contribution in [1.29, 1.82) is 0 Å². The zero-order chi connectivity index (χ0) is 15.6. The molecule has 2 rings (SSSR count). The molecule has 0 aliphatic heterocycles. The van der Waals surface area contributed by atoms with E-state index in [9.17, 15) is 4.79 Å². The Labute approximate surface area is 138 Å². The second-order valence-corrected chi connectivity index (χ2v) is 5.89. The van der Waals surface area contributed by atoms with Crippen LogP contribution in [0.15, 0.2) is 36.4 Å². The van der Waals surface area contributed by atoms with Crippen molar-refractivity contribution in [1.82, 2.24) is 4.90 Å². The fraction of sp³-hybridized carbons (Fsp3) is 0.133. The third kappa shape index (κ3) is 3.82. The first-order valence-corrected chi connectivity index (χ1v) is 7.26. The number of benzene rings is 2. The van der Waals surface area contributed by atoms with Gasteiger partial charge < -0.3 is 10.6 Å². The number of nitrogens with zero attached hydrogens (tertiary/aromatic N) is 1. The fourth-order valence-corrected chi connectivity index (χ4v) is 2.56. The Kier molecular flexibility index (Phi) is 4.99. The van der Waals surface area contributed by atoms with Crippen molar-refractivity contribution in [2.45, 2.75) is 6.54 Å². The van der Waals surface area contributed by atoms with Gasteiger partial charge in [0, 0.05) is 29.3 Å². The smallest absolute Gasteiger partial charge is 0.255 e. The summed E-state index contributed by atoms with van der Waals surface area (Å²) in [7, 11) is 1.67. The van der Waals surface area contributed by atoms with Gasteiger partial charge in [0.15, 0.2) is 0 Å². The number of anilines is 1. The van der Waals surface area contributed by atoms with Gasteiger partial charge >= 0.3 is 0 Å². The van der Waals surface area contributed by atoms with Crippen LogP contribution < -0.4 is 5.73 Å². The molecule has 2 aromatic rings. The van der Waals surface area contributed by atoms with E-state index in [-0.39, 0.29) is 5.91 Å². The SMILES string of the molecule is CN(Cc1ccc(Cl)cc1Cl)C(=O)c1cc(N)ccc1Cl. The summed E-state index contributed by atoms with van der Waals surface area (Å²) in [6, 6.07) is 9.97. The van der Waals surface area contributed by atoms with Crippen LogP contribution in [-0.2, 0) is 6.54 Å². The van der Waals surface area contributed by atoms with Crippen LogP contribution in [0.25, 0.3) is 0 Å². The molecular weight excluding hydrogens is 331 g/mol. The highest BCUT2D eigenvalue weighted by molar-refractivity contribution is 6.35. The largest absolute Gasteiger partial charge is 0.399 e. The first kappa shape index (κ1) is 16.0. The molecule has 0 saturated carbocycles. The van der Waals surface area contributed by atoms with Gasteiger partial charge in [-0.1, -0.05) is 40.9 Å². The Hall–Kier alpha value is -1.42. The number of nitrogen functional groups attached to an aromatic ring is 1. The van der Waals surface area contributed by atoms with Crippen molar-refractivity contribution < 1.29 is 4.79 Å². The maximum atomic E-state index is 12.4. The van der Waals surface area contributed by atoms with E-state index >= 15 is 0 Å². The number of carbonyl (C=O) groups is 1. The van der Waals surface area contributed by atoms with Crippen LogP contribution >= 0.6 is 34.8 Å². The van der Waals surface area contributed by atoms with E-state index in [0.717, 1.165) is 5.56 Å². The molecule has 2 aromatic carbocycles. The molecule has 0 aliphatic carbocycles. The van der Waals surface area contributed by atoms with E-state index in [1.807, 2.05) is 0 Å². The number of hydrogen-bond donors (Lipinski definition) is 1. The number of amides is 1. The quantitative estimate of drug-likeness (QED) is 0.834. The van der Waals surface area contributed by atoms with Crippen LogP contribution in [0.5, 0.6) is 0 Å². The molecule has 0 heterocycles. The average Bonchev–Trinajstić information content (AvgIpc) is 2.43. The third-order valence-electron chi connectivity index (χ3n) is 2.99. The molecule has 0 saturated heterocycles. The normalized spacial score (nSPS) is 10.5. The van der Waals surface area contributed by atoms with Crippen LogP contribution in [0, 0.1) is 0 Å². The molecule has 2 N–H and O–H groups in total. The van der Waals surface area contributed by atoms with Gasteiger partial charge in [-0.25, -0.2) is 0 Å². The van der Waals surface area contributed by atoms with Crippen molar-refractivity contribution in [3.8, 4) is 0 Å². The maximum Gasteiger partial charge on any atom is 0.255 e. The van der Waals surface area contributed by atoms with Crippen LogP contribution in [0.1, 0.15) is 15.9 Å². The van der Waals surface area contributed by atoms with Gasteiger partial charge in [-0.05, 0) is 35.9 Å². The Morgan fingerprint density at radius 1 is 1.10 bits per heavy atom. The van der Waals surface area contributed by atoms with Gasteiger partial charge in [0.1, 0.15) is 0 Å². The van der Waals surface area contributed by atoms with E-state index in [2.05, 4.69) is 0 Å². The minimum Gasteiger partial charge on any atom is -0.399 e. The van der Waals surface area contributed by atoms with E-state index in [4.69, 9.17) is 40.5 Å². The molecule has 6 heteroatoms. The lowest BCUT2D eigenvalue weighted by Gasteiger charge is -2.19. The lowest BCUT2D eigenvalue weighted by atomic mass is 10.1. The zero-order valence-corrected chi connectivity index (χ0v) is 13.5. The molecule has 1 amide bonds. The summed E-state index contributed by atoms with van der Waals surface area (Å²) in [6.07, 6.45) is 0. The van der Waals surface area contributed by atoms with Gasteiger partial charge in [0.2, 0.25) is 0 Å². The summed E-state index contributed by atoms with van der Waals surface area (Å²) in [5.41, 5.74) is 7.35. The summed E-state index contributed by atoms with van der Waals surface area (Å²) >= 11 is 18.0. The molecule has 0 bridgehead atoms. The summed E-state index contributed by atoms with van der Waals surface area (Å²) in [4.78, 5) is 13.9. The Balaban J connectivity index is 2.21. The molecular formula is C15H13Cl3N2O. The number of hydrogen-bond acceptors (Lipinski definition) is 2. The monoisotopic (exact) mass is 342 g/mol. The van der Waals surface area contributed by atoms with Crippen molar-refractivity contribution in [3.63, 3.8) is 0 Å². The Morgan fingerprint density at radius 2 is 1.81 bits per heavy atom. The predicted molar refractivity (Wildman–Crippen MR) is 88.1 cm³/mol. The van der Waals surface area contributed by atoms with Gasteiger partial charge in [-0.2, -0.15) is 0 Å². The molecule has 0 unspecified atom stereocenters. The number of nitrogens with two attached hydrogens (primary N) is 1. The van der Waals surface area contributed by atoms with Crippen molar-refractivity contribution in [3.05, 3.63) is 62.6 Å². The van der Waals surface area contributed by atoms with E-state index in [1.54, 1.807) is 43.4 Å². The topological polar surface area (TPSA) is 46.3 Å². The first-order chi connectivity index (χ1) is 9.88. The minimum absolute atomic E-state index is 0.224. The summed E-state index contributed by atoms with van der Waals surface area (Å²) in [5, 5.41) is 1.43. The lowest BCUT2D eigenvalue weighted by Crippen LogP contribution is -2.26. The Morgan fingerprint density at radius 3 is 2.48 bits per heavy atom. The summed E-state index contributed by atoms with van der Waals surface area (Å²) < 4.78 is 0. The van der Waals surface area contributed by atoms with E-state index in [1.165, 1.54) is 4.90 Å². The van der Waals surface area contributed by atoms with Crippen molar-refractivity contribution in [2.75, 3.05) is 12.8 Å². The molecule has 110 valence electrons. The molecule has 0 radical (unpaired) electrons. The second kappa shape index (κ2) is 6.56. The molecule has 0 fully saturated rings. The predicted octanol–water partition coefficient (Wildman–Crippen LogP) is 4.50. The second-order valence-electron chi connectivity index (χ2n) is 4.64. The van der Waals surface area contributed by atoms with Crippen molar-refractivity contribution in [2.24, 2.45) is 0 Å². The van der Waals surface area contributed by atoms with E-state index in [0.29, 0.717) is 32.9 Å². The fourth-order valence-electron chi connectivity index (χ4n) is 1.89. The number of rotatable bonds is 3. The van der Waals surface area contributed by atoms with Gasteiger partial charge in [-0.3, -0.25) is 4.79 Å². The highest BCUT2D eigenvalue weighted by Gasteiger charge is 2.16. The van der Waals surface area contributed by atoms with E-state index < -0.39 is 0 Å². The van der Waals surface area contributed by atoms with Gasteiger partial charge in [-0.15, -0.1) is 0 Å². The molecule has 0 spiro atoms. The summed E-state index contributed by atoms with van der Waals surface area (Å²) in [5.74, 6) is -0.224. The molecule has 3 nitrogen and oxygen atoms in total. The third-order valence-corrected chi connectivity index (χ3v) is 3.91. The Bertz CT molecular complexity index is 689. The molecule has 0 atom stereocenters. The van der Waals surface area contributed by atoms with Crippen LogP contribution in [-0.4, -0.2) is 17.9 Å². The van der Waals surface area contributed by atoms with Gasteiger partial charge in [0.25, 0.3) is 5.91 Å². The van der Waals surface area contributed by atoms with Crippen molar-refractivity contribution >= 4 is 46.4 Å². The number of carbonyl (C=O) groups excluding carboxylic acids is 1. The summed E-state index contributed by atoms with van der Waals surface area (Å²) in [6.45, 7) is 0.347. The molecule has 0 aliphatic rings. The van der Waals surface area contributed by atoms with Crippen LogP contribution in [0.4, 0.5) is 5.69 Å². The first-order valence-electron chi connectivity index (χ1n) is 6.13. The minimum atomic E-state index is -0.224. The molecule has 0 aromatic heterocycles. The number of halogens is 3. The maximum absolute atomic E-state index is 12.4. The average molecular weight is 344 g/mol.